The summed E-state index contributed by atoms with van der Waals surface area (Å²) in [6, 6.07) is 16.5. The lowest BCUT2D eigenvalue weighted by molar-refractivity contribution is -0.138. The number of hydrogen-bond acceptors (Lipinski definition) is 4. The Morgan fingerprint density at radius 3 is 2.39 bits per heavy atom. The Morgan fingerprint density at radius 1 is 1.03 bits per heavy atom. The highest BCUT2D eigenvalue weighted by molar-refractivity contribution is 6.29. The fourth-order valence-electron chi connectivity index (χ4n) is 3.93. The molecule has 2 aromatic carbocycles. The van der Waals surface area contributed by atoms with Gasteiger partial charge >= 0.3 is 6.18 Å². The molecule has 1 N–H and O–H groups in total. The molecule has 2 heterocycles. The number of anilines is 1. The van der Waals surface area contributed by atoms with Gasteiger partial charge in [0.2, 0.25) is 5.91 Å². The number of nitrogens with zero attached hydrogens (tertiary/aromatic N) is 3. The van der Waals surface area contributed by atoms with Crippen molar-refractivity contribution in [2.45, 2.75) is 25.6 Å². The number of alkyl halides is 3. The maximum Gasteiger partial charge on any atom is 0.416 e. The second kappa shape index (κ2) is 9.79. The number of aromatic nitrogens is 2. The molecule has 1 amide bonds. The molecule has 33 heavy (non-hydrogen) atoms. The van der Waals surface area contributed by atoms with Crippen LogP contribution >= 0.6 is 11.6 Å². The number of carbonyl (C=O) groups excluding carboxylic acids is 1. The van der Waals surface area contributed by atoms with Crippen LogP contribution < -0.4 is 10.2 Å². The van der Waals surface area contributed by atoms with Gasteiger partial charge in [0, 0.05) is 37.2 Å². The molecule has 0 saturated carbocycles. The van der Waals surface area contributed by atoms with Crippen LogP contribution in [0.4, 0.5) is 19.0 Å². The average Bonchev–Trinajstić information content (AvgIpc) is 2.82. The van der Waals surface area contributed by atoms with Gasteiger partial charge in [-0.25, -0.2) is 9.97 Å². The van der Waals surface area contributed by atoms with Gasteiger partial charge in [-0.05, 0) is 24.5 Å². The zero-order valence-corrected chi connectivity index (χ0v) is 18.4. The quantitative estimate of drug-likeness (QED) is 0.506. The molecule has 3 aromatic rings. The van der Waals surface area contributed by atoms with Gasteiger partial charge in [0.15, 0.2) is 5.82 Å². The van der Waals surface area contributed by atoms with Crippen molar-refractivity contribution in [2.75, 3.05) is 18.0 Å². The van der Waals surface area contributed by atoms with E-state index in [0.717, 1.165) is 11.6 Å². The lowest BCUT2D eigenvalue weighted by Crippen LogP contribution is -2.40. The van der Waals surface area contributed by atoms with Gasteiger partial charge < -0.3 is 10.2 Å². The molecule has 0 aliphatic carbocycles. The van der Waals surface area contributed by atoms with E-state index in [1.165, 1.54) is 18.2 Å². The number of halogens is 4. The van der Waals surface area contributed by atoms with Gasteiger partial charge in [0.05, 0.1) is 5.56 Å². The van der Waals surface area contributed by atoms with Crippen LogP contribution in [0.15, 0.2) is 60.7 Å². The van der Waals surface area contributed by atoms with E-state index in [9.17, 15) is 18.0 Å². The Bertz CT molecular complexity index is 1120. The fraction of sp³-hybridized carbons (Fsp3) is 0.292. The maximum atomic E-state index is 13.2. The van der Waals surface area contributed by atoms with Crippen LogP contribution in [-0.2, 0) is 17.5 Å². The van der Waals surface area contributed by atoms with Gasteiger partial charge in [0.25, 0.3) is 0 Å². The third-order valence-electron chi connectivity index (χ3n) is 5.68. The topological polar surface area (TPSA) is 58.1 Å². The van der Waals surface area contributed by atoms with Crippen molar-refractivity contribution in [2.24, 2.45) is 5.92 Å². The minimum absolute atomic E-state index is 0.0554. The second-order valence-electron chi connectivity index (χ2n) is 7.87. The Morgan fingerprint density at radius 2 is 1.70 bits per heavy atom. The SMILES string of the molecule is O=C(NCc1ccccc1C(F)(F)F)C1CCN(c2cc(Cl)nc(-c3ccccc3)n2)CC1. The van der Waals surface area contributed by atoms with Gasteiger partial charge in [-0.3, -0.25) is 4.79 Å². The van der Waals surface area contributed by atoms with E-state index >= 15 is 0 Å². The van der Waals surface area contributed by atoms with Crippen molar-refractivity contribution >= 4 is 23.3 Å². The van der Waals surface area contributed by atoms with Crippen molar-refractivity contribution in [1.29, 1.82) is 0 Å². The summed E-state index contributed by atoms with van der Waals surface area (Å²) in [7, 11) is 0. The summed E-state index contributed by atoms with van der Waals surface area (Å²) in [5.41, 5.74) is 0.185. The Hall–Kier alpha value is -3.13. The molecule has 0 unspecified atom stereocenters. The molecule has 1 aromatic heterocycles. The summed E-state index contributed by atoms with van der Waals surface area (Å²) in [6.07, 6.45) is -3.33. The second-order valence-corrected chi connectivity index (χ2v) is 8.26. The van der Waals surface area contributed by atoms with Crippen LogP contribution in [-0.4, -0.2) is 29.0 Å². The van der Waals surface area contributed by atoms with Crippen LogP contribution in [0.25, 0.3) is 11.4 Å². The highest BCUT2D eigenvalue weighted by atomic mass is 35.5. The van der Waals surface area contributed by atoms with E-state index in [0.29, 0.717) is 42.7 Å². The van der Waals surface area contributed by atoms with E-state index < -0.39 is 11.7 Å². The fourth-order valence-corrected chi connectivity index (χ4v) is 4.11. The first kappa shape index (κ1) is 23.0. The normalized spacial score (nSPS) is 14.8. The van der Waals surface area contributed by atoms with E-state index in [-0.39, 0.29) is 23.9 Å². The third kappa shape index (κ3) is 5.63. The van der Waals surface area contributed by atoms with Crippen LogP contribution in [0.1, 0.15) is 24.0 Å². The lowest BCUT2D eigenvalue weighted by Gasteiger charge is -2.32. The summed E-state index contributed by atoms with van der Waals surface area (Å²) in [5.74, 6) is 0.704. The molecular weight excluding hydrogens is 453 g/mol. The summed E-state index contributed by atoms with van der Waals surface area (Å²) in [4.78, 5) is 23.6. The first-order valence-corrected chi connectivity index (χ1v) is 11.0. The molecule has 1 aliphatic heterocycles. The Balaban J connectivity index is 1.37. The Labute approximate surface area is 194 Å². The van der Waals surface area contributed by atoms with Gasteiger partial charge in [-0.2, -0.15) is 13.2 Å². The monoisotopic (exact) mass is 474 g/mol. The van der Waals surface area contributed by atoms with Crippen molar-refractivity contribution in [1.82, 2.24) is 15.3 Å². The smallest absolute Gasteiger partial charge is 0.356 e. The number of hydrogen-bond donors (Lipinski definition) is 1. The van der Waals surface area contributed by atoms with Gasteiger partial charge in [-0.1, -0.05) is 60.1 Å². The zero-order valence-electron chi connectivity index (χ0n) is 17.6. The largest absolute Gasteiger partial charge is 0.416 e. The molecule has 0 atom stereocenters. The van der Waals surface area contributed by atoms with Crippen LogP contribution in [0.2, 0.25) is 5.15 Å². The first-order chi connectivity index (χ1) is 15.8. The molecule has 0 bridgehead atoms. The summed E-state index contributed by atoms with van der Waals surface area (Å²) >= 11 is 6.22. The predicted molar refractivity (Wildman–Crippen MR) is 121 cm³/mol. The summed E-state index contributed by atoms with van der Waals surface area (Å²) in [6.45, 7) is 1.01. The number of carbonyl (C=O) groups is 1. The molecule has 0 spiro atoms. The number of amides is 1. The molecule has 4 rings (SSSR count). The molecule has 1 aliphatic rings. The average molecular weight is 475 g/mol. The minimum atomic E-state index is -4.45. The molecule has 172 valence electrons. The summed E-state index contributed by atoms with van der Waals surface area (Å²) < 4.78 is 39.5. The first-order valence-electron chi connectivity index (χ1n) is 10.6. The van der Waals surface area contributed by atoms with Crippen molar-refractivity contribution in [3.63, 3.8) is 0 Å². The standard InChI is InChI=1S/C24H22ClF3N4O/c25-20-14-21(31-22(30-20)16-6-2-1-3-7-16)32-12-10-17(11-13-32)23(33)29-15-18-8-4-5-9-19(18)24(26,27)28/h1-9,14,17H,10-13,15H2,(H,29,33). The van der Waals surface area contributed by atoms with Crippen LogP contribution in [0.3, 0.4) is 0 Å². The highest BCUT2D eigenvalue weighted by Gasteiger charge is 2.33. The zero-order chi connectivity index (χ0) is 23.4. The van der Waals surface area contributed by atoms with E-state index in [2.05, 4.69) is 15.3 Å². The summed E-state index contributed by atoms with van der Waals surface area (Å²) in [5, 5.41) is 3.01. The van der Waals surface area contributed by atoms with Crippen molar-refractivity contribution in [3.05, 3.63) is 76.9 Å². The molecular formula is C24H22ClF3N4O. The number of rotatable bonds is 5. The Kier molecular flexibility index (Phi) is 6.83. The molecule has 0 radical (unpaired) electrons. The highest BCUT2D eigenvalue weighted by Crippen LogP contribution is 2.32. The van der Waals surface area contributed by atoms with Gasteiger partial charge in [-0.15, -0.1) is 0 Å². The molecule has 1 fully saturated rings. The minimum Gasteiger partial charge on any atom is -0.356 e. The molecule has 1 saturated heterocycles. The van der Waals surface area contributed by atoms with Gasteiger partial charge in [0.1, 0.15) is 11.0 Å². The molecule has 9 heteroatoms. The number of benzene rings is 2. The number of piperidine rings is 1. The van der Waals surface area contributed by atoms with E-state index in [4.69, 9.17) is 11.6 Å². The van der Waals surface area contributed by atoms with Crippen LogP contribution in [0.5, 0.6) is 0 Å². The van der Waals surface area contributed by atoms with Crippen molar-refractivity contribution < 1.29 is 18.0 Å². The lowest BCUT2D eigenvalue weighted by atomic mass is 9.95. The molecule has 5 nitrogen and oxygen atoms in total. The van der Waals surface area contributed by atoms with Crippen molar-refractivity contribution in [3.8, 4) is 11.4 Å². The third-order valence-corrected chi connectivity index (χ3v) is 5.87. The van der Waals surface area contributed by atoms with Crippen LogP contribution in [0, 0.1) is 5.92 Å². The van der Waals surface area contributed by atoms with E-state index in [1.807, 2.05) is 35.2 Å². The number of nitrogens with one attached hydrogen (secondary N) is 1. The maximum absolute atomic E-state index is 13.2. The predicted octanol–water partition coefficient (Wildman–Crippen LogP) is 5.35. The van der Waals surface area contributed by atoms with E-state index in [1.54, 1.807) is 6.07 Å².